The number of aromatic nitrogens is 2. The summed E-state index contributed by atoms with van der Waals surface area (Å²) in [6.45, 7) is 7.83. The van der Waals surface area contributed by atoms with Crippen LogP contribution in [-0.2, 0) is 14.3 Å². The Kier molecular flexibility index (Phi) is 4.81. The van der Waals surface area contributed by atoms with Gasteiger partial charge in [0.25, 0.3) is 10.1 Å². The molecular formula is C12H20N2O3S. The fourth-order valence-corrected chi connectivity index (χ4v) is 2.46. The molecule has 0 amide bonds. The first-order chi connectivity index (χ1) is 8.22. The van der Waals surface area contributed by atoms with Crippen LogP contribution < -0.4 is 0 Å². The first-order valence-corrected chi connectivity index (χ1v) is 7.72. The van der Waals surface area contributed by atoms with Gasteiger partial charge in [0.05, 0.1) is 11.9 Å². The molecule has 0 saturated heterocycles. The summed E-state index contributed by atoms with van der Waals surface area (Å²) in [5.74, 6) is 0.204. The van der Waals surface area contributed by atoms with Crippen molar-refractivity contribution in [2.24, 2.45) is 5.92 Å². The standard InChI is InChI=1S/C12H20N2O3S/c1-8(2)11-10(6-13-7-14-11)12(9(3)4)17-18(5,15)16/h6-9,12H,1-5H3. The van der Waals surface area contributed by atoms with Gasteiger partial charge in [0.15, 0.2) is 0 Å². The average molecular weight is 272 g/mol. The minimum absolute atomic E-state index is 0.0169. The highest BCUT2D eigenvalue weighted by Crippen LogP contribution is 2.31. The lowest BCUT2D eigenvalue weighted by Gasteiger charge is -2.23. The van der Waals surface area contributed by atoms with E-state index in [0.717, 1.165) is 17.5 Å². The highest BCUT2D eigenvalue weighted by Gasteiger charge is 2.25. The molecule has 5 nitrogen and oxygen atoms in total. The number of nitrogens with zero attached hydrogens (tertiary/aromatic N) is 2. The second-order valence-corrected chi connectivity index (χ2v) is 6.58. The monoisotopic (exact) mass is 272 g/mol. The summed E-state index contributed by atoms with van der Waals surface area (Å²) in [6, 6.07) is 0. The molecule has 0 radical (unpaired) electrons. The predicted octanol–water partition coefficient (Wildman–Crippen LogP) is 2.27. The van der Waals surface area contributed by atoms with E-state index in [1.165, 1.54) is 6.33 Å². The van der Waals surface area contributed by atoms with Gasteiger partial charge in [-0.1, -0.05) is 27.7 Å². The van der Waals surface area contributed by atoms with Crippen LogP contribution in [0.25, 0.3) is 0 Å². The van der Waals surface area contributed by atoms with E-state index in [4.69, 9.17) is 4.18 Å². The van der Waals surface area contributed by atoms with Gasteiger partial charge in [-0.3, -0.25) is 4.18 Å². The van der Waals surface area contributed by atoms with Crippen LogP contribution in [0.4, 0.5) is 0 Å². The topological polar surface area (TPSA) is 69.2 Å². The lowest BCUT2D eigenvalue weighted by molar-refractivity contribution is 0.161. The predicted molar refractivity (Wildman–Crippen MR) is 69.6 cm³/mol. The van der Waals surface area contributed by atoms with E-state index in [-0.39, 0.29) is 11.8 Å². The van der Waals surface area contributed by atoms with Crippen molar-refractivity contribution in [2.75, 3.05) is 6.26 Å². The Labute approximate surface area is 109 Å². The molecule has 0 aliphatic rings. The minimum atomic E-state index is -3.51. The van der Waals surface area contributed by atoms with Gasteiger partial charge < -0.3 is 0 Å². The molecule has 0 N–H and O–H groups in total. The lowest BCUT2D eigenvalue weighted by atomic mass is 9.95. The van der Waals surface area contributed by atoms with Crippen molar-refractivity contribution in [1.29, 1.82) is 0 Å². The number of hydrogen-bond acceptors (Lipinski definition) is 5. The lowest BCUT2D eigenvalue weighted by Crippen LogP contribution is -2.18. The summed E-state index contributed by atoms with van der Waals surface area (Å²) >= 11 is 0. The Morgan fingerprint density at radius 3 is 2.28 bits per heavy atom. The van der Waals surface area contributed by atoms with Gasteiger partial charge in [-0.05, 0) is 11.8 Å². The van der Waals surface area contributed by atoms with E-state index in [9.17, 15) is 8.42 Å². The molecule has 0 aliphatic heterocycles. The Morgan fingerprint density at radius 2 is 1.83 bits per heavy atom. The van der Waals surface area contributed by atoms with Crippen LogP contribution in [0.1, 0.15) is 51.0 Å². The molecular weight excluding hydrogens is 252 g/mol. The van der Waals surface area contributed by atoms with Crippen molar-refractivity contribution in [3.63, 3.8) is 0 Å². The molecule has 0 saturated carbocycles. The van der Waals surface area contributed by atoms with Crippen molar-refractivity contribution in [2.45, 2.75) is 39.7 Å². The van der Waals surface area contributed by atoms with Gasteiger partial charge in [0, 0.05) is 11.8 Å². The third kappa shape index (κ3) is 4.03. The third-order valence-corrected chi connectivity index (χ3v) is 3.07. The van der Waals surface area contributed by atoms with Crippen LogP contribution in [0.5, 0.6) is 0 Å². The summed E-state index contributed by atoms with van der Waals surface area (Å²) in [5.41, 5.74) is 1.57. The molecule has 18 heavy (non-hydrogen) atoms. The molecule has 1 aromatic heterocycles. The van der Waals surface area contributed by atoms with Crippen molar-refractivity contribution < 1.29 is 12.6 Å². The van der Waals surface area contributed by atoms with Crippen molar-refractivity contribution in [3.05, 3.63) is 23.8 Å². The minimum Gasteiger partial charge on any atom is -0.262 e. The second-order valence-electron chi connectivity index (χ2n) is 4.98. The normalized spacial score (nSPS) is 14.2. The molecule has 0 bridgehead atoms. The zero-order valence-electron chi connectivity index (χ0n) is 11.4. The van der Waals surface area contributed by atoms with Crippen LogP contribution in [-0.4, -0.2) is 24.6 Å². The highest BCUT2D eigenvalue weighted by atomic mass is 32.2. The largest absolute Gasteiger partial charge is 0.264 e. The third-order valence-electron chi connectivity index (χ3n) is 2.51. The molecule has 0 aliphatic carbocycles. The summed E-state index contributed by atoms with van der Waals surface area (Å²) in [7, 11) is -3.51. The molecule has 1 heterocycles. The zero-order chi connectivity index (χ0) is 13.9. The van der Waals surface area contributed by atoms with Gasteiger partial charge in [-0.2, -0.15) is 8.42 Å². The van der Waals surface area contributed by atoms with Crippen LogP contribution in [0.15, 0.2) is 12.5 Å². The Morgan fingerprint density at radius 1 is 1.22 bits per heavy atom. The van der Waals surface area contributed by atoms with Gasteiger partial charge in [0.1, 0.15) is 12.4 Å². The molecule has 0 aromatic carbocycles. The van der Waals surface area contributed by atoms with Crippen LogP contribution in [0.2, 0.25) is 0 Å². The second kappa shape index (κ2) is 5.75. The average Bonchev–Trinajstić information content (AvgIpc) is 2.24. The molecule has 1 aromatic rings. The maximum absolute atomic E-state index is 11.3. The summed E-state index contributed by atoms with van der Waals surface area (Å²) < 4.78 is 27.8. The fourth-order valence-electron chi connectivity index (χ4n) is 1.76. The Hall–Kier alpha value is -1.01. The molecule has 1 atom stereocenters. The van der Waals surface area contributed by atoms with Crippen molar-refractivity contribution in [3.8, 4) is 0 Å². The molecule has 1 unspecified atom stereocenters. The van der Waals surface area contributed by atoms with E-state index in [0.29, 0.717) is 0 Å². The fraction of sp³-hybridized carbons (Fsp3) is 0.667. The zero-order valence-corrected chi connectivity index (χ0v) is 12.2. The number of hydrogen-bond donors (Lipinski definition) is 0. The van der Waals surface area contributed by atoms with Crippen LogP contribution in [0, 0.1) is 5.92 Å². The van der Waals surface area contributed by atoms with E-state index < -0.39 is 16.2 Å². The Balaban J connectivity index is 3.22. The van der Waals surface area contributed by atoms with Crippen molar-refractivity contribution in [1.82, 2.24) is 9.97 Å². The SMILES string of the molecule is CC(C)c1ncncc1C(OS(C)(=O)=O)C(C)C. The van der Waals surface area contributed by atoms with Gasteiger partial charge in [-0.15, -0.1) is 0 Å². The molecule has 6 heteroatoms. The van der Waals surface area contributed by atoms with Crippen molar-refractivity contribution >= 4 is 10.1 Å². The molecule has 102 valence electrons. The molecule has 1 rings (SSSR count). The first kappa shape index (κ1) is 15.0. The summed E-state index contributed by atoms with van der Waals surface area (Å²) in [4.78, 5) is 8.20. The van der Waals surface area contributed by atoms with E-state index >= 15 is 0 Å². The van der Waals surface area contributed by atoms with Crippen LogP contribution >= 0.6 is 0 Å². The number of rotatable bonds is 5. The van der Waals surface area contributed by atoms with E-state index in [2.05, 4.69) is 9.97 Å². The summed E-state index contributed by atoms with van der Waals surface area (Å²) in [6.07, 6.45) is 3.62. The quantitative estimate of drug-likeness (QED) is 0.769. The maximum Gasteiger partial charge on any atom is 0.264 e. The highest BCUT2D eigenvalue weighted by molar-refractivity contribution is 7.86. The molecule has 0 fully saturated rings. The van der Waals surface area contributed by atoms with Gasteiger partial charge >= 0.3 is 0 Å². The van der Waals surface area contributed by atoms with Gasteiger partial charge in [0.2, 0.25) is 0 Å². The summed E-state index contributed by atoms with van der Waals surface area (Å²) in [5, 5.41) is 0. The smallest absolute Gasteiger partial charge is 0.262 e. The van der Waals surface area contributed by atoms with E-state index in [1.54, 1.807) is 6.20 Å². The van der Waals surface area contributed by atoms with Gasteiger partial charge in [-0.25, -0.2) is 9.97 Å². The van der Waals surface area contributed by atoms with E-state index in [1.807, 2.05) is 27.7 Å². The maximum atomic E-state index is 11.3. The molecule has 0 spiro atoms. The first-order valence-electron chi connectivity index (χ1n) is 5.90. The Bertz CT molecular complexity index is 498. The van der Waals surface area contributed by atoms with Crippen LogP contribution in [0.3, 0.4) is 0 Å².